The summed E-state index contributed by atoms with van der Waals surface area (Å²) in [5.41, 5.74) is 2.58. The molecule has 0 bridgehead atoms. The number of ether oxygens (including phenoxy) is 1. The van der Waals surface area contributed by atoms with Crippen molar-refractivity contribution in [3.05, 3.63) is 59.1 Å². The van der Waals surface area contributed by atoms with Gasteiger partial charge in [0.1, 0.15) is 18.5 Å². The lowest BCUT2D eigenvalue weighted by Crippen LogP contribution is -2.38. The summed E-state index contributed by atoms with van der Waals surface area (Å²) >= 11 is 6.05. The molecular weight excluding hydrogens is 298 g/mol. The highest BCUT2D eigenvalue weighted by Gasteiger charge is 2.19. The molecule has 1 unspecified atom stereocenters. The first-order valence-corrected chi connectivity index (χ1v) is 8.00. The molecule has 116 valence electrons. The summed E-state index contributed by atoms with van der Waals surface area (Å²) in [6, 6.07) is 15.7. The van der Waals surface area contributed by atoms with E-state index in [1.165, 1.54) is 11.3 Å². The molecule has 1 atom stereocenters. The normalized spacial score (nSPS) is 15.3. The molecule has 1 aliphatic heterocycles. The molecule has 0 aliphatic carbocycles. The molecule has 1 N–H and O–H groups in total. The average molecular weight is 318 g/mol. The van der Waals surface area contributed by atoms with E-state index in [2.05, 4.69) is 23.1 Å². The molecule has 1 heterocycles. The number of aliphatic hydroxyl groups is 1. The number of aliphatic hydroxyl groups excluding tert-OH is 1. The minimum Gasteiger partial charge on any atom is -0.489 e. The molecule has 0 aromatic heterocycles. The van der Waals surface area contributed by atoms with Crippen LogP contribution in [0, 0.1) is 0 Å². The van der Waals surface area contributed by atoms with Crippen molar-refractivity contribution in [1.29, 1.82) is 0 Å². The summed E-state index contributed by atoms with van der Waals surface area (Å²) in [6.07, 6.45) is 1.68. The zero-order valence-corrected chi connectivity index (χ0v) is 13.2. The van der Waals surface area contributed by atoms with Gasteiger partial charge in [-0.3, -0.25) is 0 Å². The first-order chi connectivity index (χ1) is 10.7. The lowest BCUT2D eigenvalue weighted by atomic mass is 10.0. The van der Waals surface area contributed by atoms with Crippen molar-refractivity contribution >= 4 is 17.3 Å². The van der Waals surface area contributed by atoms with Crippen molar-refractivity contribution in [2.45, 2.75) is 18.9 Å². The Morgan fingerprint density at radius 3 is 2.77 bits per heavy atom. The Kier molecular flexibility index (Phi) is 4.86. The molecule has 0 radical (unpaired) electrons. The van der Waals surface area contributed by atoms with Gasteiger partial charge in [0.2, 0.25) is 0 Å². The fraction of sp³-hybridized carbons (Fsp3) is 0.333. The molecule has 0 saturated carbocycles. The molecule has 1 aliphatic rings. The van der Waals surface area contributed by atoms with Gasteiger partial charge in [-0.15, -0.1) is 0 Å². The van der Waals surface area contributed by atoms with Gasteiger partial charge >= 0.3 is 0 Å². The SMILES string of the molecule is OC(COc1ccccc1Cl)CN1CCCc2ccccc21. The third kappa shape index (κ3) is 3.54. The van der Waals surface area contributed by atoms with E-state index in [1.54, 1.807) is 6.07 Å². The second kappa shape index (κ2) is 7.03. The maximum atomic E-state index is 10.3. The molecule has 3 rings (SSSR count). The average Bonchev–Trinajstić information content (AvgIpc) is 2.54. The van der Waals surface area contributed by atoms with Crippen LogP contribution in [-0.4, -0.2) is 30.9 Å². The minimum atomic E-state index is -0.553. The molecule has 0 spiro atoms. The Morgan fingerprint density at radius 2 is 1.91 bits per heavy atom. The molecule has 0 amide bonds. The number of halogens is 1. The van der Waals surface area contributed by atoms with Crippen LogP contribution >= 0.6 is 11.6 Å². The van der Waals surface area contributed by atoms with E-state index >= 15 is 0 Å². The number of nitrogens with zero attached hydrogens (tertiary/aromatic N) is 1. The lowest BCUT2D eigenvalue weighted by Gasteiger charge is -2.32. The van der Waals surface area contributed by atoms with Crippen LogP contribution in [0.25, 0.3) is 0 Å². The fourth-order valence-corrected chi connectivity index (χ4v) is 3.05. The molecule has 22 heavy (non-hydrogen) atoms. The van der Waals surface area contributed by atoms with Gasteiger partial charge in [-0.2, -0.15) is 0 Å². The van der Waals surface area contributed by atoms with Gasteiger partial charge in [-0.1, -0.05) is 41.9 Å². The van der Waals surface area contributed by atoms with E-state index in [9.17, 15) is 5.11 Å². The van der Waals surface area contributed by atoms with Gasteiger partial charge in [-0.05, 0) is 36.6 Å². The van der Waals surface area contributed by atoms with E-state index in [0.717, 1.165) is 19.4 Å². The van der Waals surface area contributed by atoms with Gasteiger partial charge in [0.05, 0.1) is 5.02 Å². The van der Waals surface area contributed by atoms with Crippen LogP contribution in [0.15, 0.2) is 48.5 Å². The topological polar surface area (TPSA) is 32.7 Å². The third-order valence-corrected chi connectivity index (χ3v) is 4.22. The second-order valence-electron chi connectivity index (χ2n) is 5.57. The van der Waals surface area contributed by atoms with Gasteiger partial charge in [-0.25, -0.2) is 0 Å². The molecule has 0 fully saturated rings. The number of fused-ring (bicyclic) bond motifs is 1. The molecule has 3 nitrogen and oxygen atoms in total. The van der Waals surface area contributed by atoms with Crippen LogP contribution in [0.3, 0.4) is 0 Å². The molecular formula is C18H20ClNO2. The predicted molar refractivity (Wildman–Crippen MR) is 89.9 cm³/mol. The van der Waals surface area contributed by atoms with Crippen molar-refractivity contribution in [3.8, 4) is 5.75 Å². The zero-order chi connectivity index (χ0) is 15.4. The van der Waals surface area contributed by atoms with Crippen LogP contribution < -0.4 is 9.64 Å². The van der Waals surface area contributed by atoms with Crippen LogP contribution in [0.5, 0.6) is 5.75 Å². The summed E-state index contributed by atoms with van der Waals surface area (Å²) in [5.74, 6) is 0.613. The minimum absolute atomic E-state index is 0.238. The summed E-state index contributed by atoms with van der Waals surface area (Å²) in [4.78, 5) is 2.24. The van der Waals surface area contributed by atoms with E-state index in [0.29, 0.717) is 17.3 Å². The first kappa shape index (κ1) is 15.2. The summed E-state index contributed by atoms with van der Waals surface area (Å²) < 4.78 is 5.62. The van der Waals surface area contributed by atoms with E-state index < -0.39 is 6.10 Å². The molecule has 0 saturated heterocycles. The Morgan fingerprint density at radius 1 is 1.14 bits per heavy atom. The van der Waals surface area contributed by atoms with E-state index in [4.69, 9.17) is 16.3 Å². The quantitative estimate of drug-likeness (QED) is 0.915. The maximum absolute atomic E-state index is 10.3. The Bertz CT molecular complexity index is 632. The molecule has 2 aromatic carbocycles. The Labute approximate surface area is 136 Å². The number of rotatable bonds is 5. The largest absolute Gasteiger partial charge is 0.489 e. The van der Waals surface area contributed by atoms with Gasteiger partial charge in [0.15, 0.2) is 0 Å². The summed E-state index contributed by atoms with van der Waals surface area (Å²) in [6.45, 7) is 1.78. The summed E-state index contributed by atoms with van der Waals surface area (Å²) in [7, 11) is 0. The monoisotopic (exact) mass is 317 g/mol. The third-order valence-electron chi connectivity index (χ3n) is 3.91. The first-order valence-electron chi connectivity index (χ1n) is 7.62. The standard InChI is InChI=1S/C18H20ClNO2/c19-16-8-2-4-10-18(16)22-13-15(21)12-20-11-5-7-14-6-1-3-9-17(14)20/h1-4,6,8-10,15,21H,5,7,11-13H2. The summed E-state index contributed by atoms with van der Waals surface area (Å²) in [5, 5.41) is 10.8. The predicted octanol–water partition coefficient (Wildman–Crippen LogP) is 3.53. The fourth-order valence-electron chi connectivity index (χ4n) is 2.86. The lowest BCUT2D eigenvalue weighted by molar-refractivity contribution is 0.112. The van der Waals surface area contributed by atoms with Gasteiger partial charge in [0.25, 0.3) is 0 Å². The number of hydrogen-bond acceptors (Lipinski definition) is 3. The molecule has 2 aromatic rings. The van der Waals surface area contributed by atoms with Crippen LogP contribution in [0.2, 0.25) is 5.02 Å². The van der Waals surface area contributed by atoms with Crippen molar-refractivity contribution in [1.82, 2.24) is 0 Å². The number of para-hydroxylation sites is 2. The highest BCUT2D eigenvalue weighted by atomic mass is 35.5. The van der Waals surface area contributed by atoms with Crippen molar-refractivity contribution < 1.29 is 9.84 Å². The molecule has 4 heteroatoms. The van der Waals surface area contributed by atoms with Crippen molar-refractivity contribution in [2.75, 3.05) is 24.6 Å². The van der Waals surface area contributed by atoms with Gasteiger partial charge < -0.3 is 14.7 Å². The van der Waals surface area contributed by atoms with Crippen molar-refractivity contribution in [3.63, 3.8) is 0 Å². The van der Waals surface area contributed by atoms with E-state index in [-0.39, 0.29) is 6.61 Å². The Hall–Kier alpha value is -1.71. The second-order valence-corrected chi connectivity index (χ2v) is 5.98. The Balaban J connectivity index is 1.59. The van der Waals surface area contributed by atoms with E-state index in [1.807, 2.05) is 24.3 Å². The van der Waals surface area contributed by atoms with Gasteiger partial charge in [0, 0.05) is 18.8 Å². The van der Waals surface area contributed by atoms with Crippen LogP contribution in [0.1, 0.15) is 12.0 Å². The zero-order valence-electron chi connectivity index (χ0n) is 12.4. The highest BCUT2D eigenvalue weighted by Crippen LogP contribution is 2.27. The van der Waals surface area contributed by atoms with Crippen LogP contribution in [0.4, 0.5) is 5.69 Å². The van der Waals surface area contributed by atoms with Crippen molar-refractivity contribution in [2.24, 2.45) is 0 Å². The van der Waals surface area contributed by atoms with Crippen LogP contribution in [-0.2, 0) is 6.42 Å². The maximum Gasteiger partial charge on any atom is 0.138 e. The number of anilines is 1. The number of β-amino-alcohol motifs (C(OH)–C–C–N with tert-alkyl or cyclic N) is 1. The highest BCUT2D eigenvalue weighted by molar-refractivity contribution is 6.32. The number of hydrogen-bond donors (Lipinski definition) is 1. The number of benzene rings is 2. The smallest absolute Gasteiger partial charge is 0.138 e. The number of aryl methyl sites for hydroxylation is 1.